The van der Waals surface area contributed by atoms with Crippen LogP contribution in [-0.2, 0) is 4.79 Å². The highest BCUT2D eigenvalue weighted by Crippen LogP contribution is 2.19. The number of rotatable bonds is 5. The van der Waals surface area contributed by atoms with Gasteiger partial charge in [0, 0.05) is 0 Å². The van der Waals surface area contributed by atoms with Crippen LogP contribution in [0.1, 0.15) is 38.8 Å². The number of nitrogens with two attached hydrogens (primary N) is 1. The fourth-order valence-corrected chi connectivity index (χ4v) is 1.52. The first-order valence-electron chi connectivity index (χ1n) is 6.14. The standard InChI is InChI=1S/C14H22N2O2/c1-5-14(3,15)13(17)16-10(2)11-7-6-8-12(9-11)18-4/h6-10H,5,15H2,1-4H3,(H,16,17)/t10-,14?/m0/s1. The van der Waals surface area contributed by atoms with Crippen LogP contribution in [-0.4, -0.2) is 18.6 Å². The molecule has 0 aromatic heterocycles. The van der Waals surface area contributed by atoms with Gasteiger partial charge in [0.2, 0.25) is 5.91 Å². The lowest BCUT2D eigenvalue weighted by Crippen LogP contribution is -2.51. The minimum absolute atomic E-state index is 0.0953. The summed E-state index contributed by atoms with van der Waals surface area (Å²) in [5.74, 6) is 0.639. The molecule has 1 rings (SSSR count). The maximum absolute atomic E-state index is 12.0. The van der Waals surface area contributed by atoms with Gasteiger partial charge in [0.05, 0.1) is 18.7 Å². The monoisotopic (exact) mass is 250 g/mol. The third-order valence-corrected chi connectivity index (χ3v) is 3.19. The van der Waals surface area contributed by atoms with Crippen LogP contribution in [0.15, 0.2) is 24.3 Å². The molecule has 1 aromatic rings. The summed E-state index contributed by atoms with van der Waals surface area (Å²) >= 11 is 0. The molecule has 100 valence electrons. The van der Waals surface area contributed by atoms with Gasteiger partial charge in [-0.1, -0.05) is 19.1 Å². The van der Waals surface area contributed by atoms with Crippen molar-refractivity contribution in [3.63, 3.8) is 0 Å². The van der Waals surface area contributed by atoms with Crippen LogP contribution in [0.4, 0.5) is 0 Å². The minimum atomic E-state index is -0.826. The molecule has 0 aliphatic carbocycles. The van der Waals surface area contributed by atoms with Crippen LogP contribution >= 0.6 is 0 Å². The Balaban J connectivity index is 2.76. The highest BCUT2D eigenvalue weighted by molar-refractivity contribution is 5.85. The predicted octanol–water partition coefficient (Wildman–Crippen LogP) is 2.00. The molecule has 0 saturated carbocycles. The smallest absolute Gasteiger partial charge is 0.240 e. The van der Waals surface area contributed by atoms with Gasteiger partial charge in [-0.15, -0.1) is 0 Å². The number of carbonyl (C=O) groups excluding carboxylic acids is 1. The Morgan fingerprint density at radius 3 is 2.78 bits per heavy atom. The van der Waals surface area contributed by atoms with Gasteiger partial charge in [0.15, 0.2) is 0 Å². The van der Waals surface area contributed by atoms with E-state index in [9.17, 15) is 4.79 Å². The first kappa shape index (κ1) is 14.5. The van der Waals surface area contributed by atoms with Crippen molar-refractivity contribution in [2.75, 3.05) is 7.11 Å². The Bertz CT molecular complexity index is 416. The van der Waals surface area contributed by atoms with E-state index in [2.05, 4.69) is 5.32 Å². The van der Waals surface area contributed by atoms with Crippen molar-refractivity contribution in [3.05, 3.63) is 29.8 Å². The Morgan fingerprint density at radius 2 is 2.22 bits per heavy atom. The largest absolute Gasteiger partial charge is 0.497 e. The Kier molecular flexibility index (Phi) is 4.73. The Labute approximate surface area is 109 Å². The summed E-state index contributed by atoms with van der Waals surface area (Å²) in [7, 11) is 1.62. The third kappa shape index (κ3) is 3.47. The molecule has 0 saturated heterocycles. The second-order valence-electron chi connectivity index (χ2n) is 4.74. The van der Waals surface area contributed by atoms with E-state index in [-0.39, 0.29) is 11.9 Å². The summed E-state index contributed by atoms with van der Waals surface area (Å²) in [5.41, 5.74) is 6.07. The molecule has 3 N–H and O–H groups in total. The van der Waals surface area contributed by atoms with Crippen LogP contribution in [0.2, 0.25) is 0 Å². The number of benzene rings is 1. The van der Waals surface area contributed by atoms with Crippen molar-refractivity contribution >= 4 is 5.91 Å². The summed E-state index contributed by atoms with van der Waals surface area (Å²) in [6.45, 7) is 5.56. The Morgan fingerprint density at radius 1 is 1.56 bits per heavy atom. The van der Waals surface area contributed by atoms with Crippen molar-refractivity contribution in [1.29, 1.82) is 0 Å². The molecule has 4 nitrogen and oxygen atoms in total. The van der Waals surface area contributed by atoms with E-state index in [1.54, 1.807) is 14.0 Å². The van der Waals surface area contributed by atoms with Crippen molar-refractivity contribution in [2.24, 2.45) is 5.73 Å². The molecule has 0 aliphatic heterocycles. The van der Waals surface area contributed by atoms with Crippen molar-refractivity contribution in [3.8, 4) is 5.75 Å². The zero-order valence-electron chi connectivity index (χ0n) is 11.5. The van der Waals surface area contributed by atoms with Gasteiger partial charge in [-0.2, -0.15) is 0 Å². The van der Waals surface area contributed by atoms with E-state index in [0.717, 1.165) is 11.3 Å². The molecule has 1 aromatic carbocycles. The summed E-state index contributed by atoms with van der Waals surface area (Å²) in [6.07, 6.45) is 0.601. The molecule has 2 atom stereocenters. The average molecular weight is 250 g/mol. The van der Waals surface area contributed by atoms with Crippen molar-refractivity contribution < 1.29 is 9.53 Å². The van der Waals surface area contributed by atoms with Crippen LogP contribution < -0.4 is 15.8 Å². The van der Waals surface area contributed by atoms with Crippen molar-refractivity contribution in [1.82, 2.24) is 5.32 Å². The quantitative estimate of drug-likeness (QED) is 0.840. The molecule has 1 amide bonds. The lowest BCUT2D eigenvalue weighted by atomic mass is 9.98. The normalized spacial score (nSPS) is 15.6. The molecular weight excluding hydrogens is 228 g/mol. The molecule has 0 spiro atoms. The summed E-state index contributed by atoms with van der Waals surface area (Å²) in [6, 6.07) is 7.54. The van der Waals surface area contributed by atoms with Gasteiger partial charge >= 0.3 is 0 Å². The number of carbonyl (C=O) groups is 1. The van der Waals surface area contributed by atoms with Crippen LogP contribution in [0.3, 0.4) is 0 Å². The van der Waals surface area contributed by atoms with E-state index in [1.807, 2.05) is 38.1 Å². The van der Waals surface area contributed by atoms with Crippen LogP contribution in [0.5, 0.6) is 5.75 Å². The van der Waals surface area contributed by atoms with Gasteiger partial charge in [-0.05, 0) is 38.0 Å². The average Bonchev–Trinajstić information content (AvgIpc) is 2.38. The van der Waals surface area contributed by atoms with E-state index in [4.69, 9.17) is 10.5 Å². The van der Waals surface area contributed by atoms with E-state index < -0.39 is 5.54 Å². The summed E-state index contributed by atoms with van der Waals surface area (Å²) in [5, 5.41) is 2.92. The number of nitrogens with one attached hydrogen (secondary N) is 1. The third-order valence-electron chi connectivity index (χ3n) is 3.19. The summed E-state index contributed by atoms with van der Waals surface area (Å²) < 4.78 is 5.16. The molecule has 18 heavy (non-hydrogen) atoms. The highest BCUT2D eigenvalue weighted by atomic mass is 16.5. The topological polar surface area (TPSA) is 64.4 Å². The number of ether oxygens (including phenoxy) is 1. The van der Waals surface area contributed by atoms with E-state index in [0.29, 0.717) is 6.42 Å². The minimum Gasteiger partial charge on any atom is -0.497 e. The number of hydrogen-bond acceptors (Lipinski definition) is 3. The molecule has 0 aliphatic rings. The lowest BCUT2D eigenvalue weighted by Gasteiger charge is -2.24. The van der Waals surface area contributed by atoms with Gasteiger partial charge in [0.1, 0.15) is 5.75 Å². The van der Waals surface area contributed by atoms with Crippen LogP contribution in [0, 0.1) is 0 Å². The molecule has 0 heterocycles. The Hall–Kier alpha value is -1.55. The molecule has 0 fully saturated rings. The predicted molar refractivity (Wildman–Crippen MR) is 72.4 cm³/mol. The fourth-order valence-electron chi connectivity index (χ4n) is 1.52. The van der Waals surface area contributed by atoms with Gasteiger partial charge in [-0.25, -0.2) is 0 Å². The molecular formula is C14H22N2O2. The van der Waals surface area contributed by atoms with Crippen LogP contribution in [0.25, 0.3) is 0 Å². The SMILES string of the molecule is CCC(C)(N)C(=O)N[C@@H](C)c1cccc(OC)c1. The summed E-state index contributed by atoms with van der Waals surface area (Å²) in [4.78, 5) is 12.0. The second-order valence-corrected chi connectivity index (χ2v) is 4.74. The molecule has 4 heteroatoms. The molecule has 0 bridgehead atoms. The first-order chi connectivity index (χ1) is 8.40. The lowest BCUT2D eigenvalue weighted by molar-refractivity contribution is -0.126. The zero-order valence-corrected chi connectivity index (χ0v) is 11.5. The zero-order chi connectivity index (χ0) is 13.8. The second kappa shape index (κ2) is 5.87. The molecule has 0 radical (unpaired) electrons. The fraction of sp³-hybridized carbons (Fsp3) is 0.500. The van der Waals surface area contributed by atoms with Crippen molar-refractivity contribution in [2.45, 2.75) is 38.8 Å². The first-order valence-corrected chi connectivity index (χ1v) is 6.14. The maximum atomic E-state index is 12.0. The van der Waals surface area contributed by atoms with E-state index in [1.165, 1.54) is 0 Å². The van der Waals surface area contributed by atoms with Gasteiger partial charge in [0.25, 0.3) is 0 Å². The number of methoxy groups -OCH3 is 1. The number of hydrogen-bond donors (Lipinski definition) is 2. The maximum Gasteiger partial charge on any atom is 0.240 e. The highest BCUT2D eigenvalue weighted by Gasteiger charge is 2.27. The number of amides is 1. The van der Waals surface area contributed by atoms with Gasteiger partial charge in [-0.3, -0.25) is 4.79 Å². The van der Waals surface area contributed by atoms with Gasteiger partial charge < -0.3 is 15.8 Å². The van der Waals surface area contributed by atoms with E-state index >= 15 is 0 Å². The molecule has 1 unspecified atom stereocenters.